The molecule has 1 saturated carbocycles. The molecule has 1 spiro atoms. The van der Waals surface area contributed by atoms with Crippen LogP contribution in [0.1, 0.15) is 47.0 Å². The average molecular weight is 505 g/mol. The fourth-order valence-electron chi connectivity index (χ4n) is 6.68. The minimum absolute atomic E-state index is 0.114. The maximum atomic E-state index is 11.5. The van der Waals surface area contributed by atoms with Crippen molar-refractivity contribution in [1.29, 1.82) is 0 Å². The third-order valence-corrected chi connectivity index (χ3v) is 8.64. The second-order valence-electron chi connectivity index (χ2n) is 10.7. The summed E-state index contributed by atoms with van der Waals surface area (Å²) in [5.41, 5.74) is -0.895. The van der Waals surface area contributed by atoms with Gasteiger partial charge < -0.3 is 44.1 Å². The molecule has 5 aliphatic heterocycles. The standard InChI is InChI=1S/C23H36O12/c1-5-29-19-10(3)12-8-13(30-20-16(26)14(24)15(25)17(31-20)18(27)28)9(2)11-6-7-22(4)33-21(32-19)23(11,12)35-34-22/h9-17,19-21,24-26H,5-8H2,1-4H3,(H,27,28)/t9-,10+,11-,12-,13+,14-,15-,16+,17-,19-,20+,21+,22+,23+/m0/s1. The summed E-state index contributed by atoms with van der Waals surface area (Å²) in [6.45, 7) is 8.16. The minimum atomic E-state index is -1.78. The summed E-state index contributed by atoms with van der Waals surface area (Å²) < 4.78 is 30.0. The van der Waals surface area contributed by atoms with E-state index < -0.39 is 66.7 Å². The van der Waals surface area contributed by atoms with Crippen molar-refractivity contribution in [1.82, 2.24) is 0 Å². The van der Waals surface area contributed by atoms with Crippen LogP contribution in [0.15, 0.2) is 0 Å². The normalized spacial score (nSPS) is 55.7. The highest BCUT2D eigenvalue weighted by Crippen LogP contribution is 2.61. The number of rotatable bonds is 5. The lowest BCUT2D eigenvalue weighted by Crippen LogP contribution is -2.72. The molecular weight excluding hydrogens is 468 g/mol. The predicted octanol–water partition coefficient (Wildman–Crippen LogP) is 0.118. The van der Waals surface area contributed by atoms with Gasteiger partial charge in [-0.25, -0.2) is 14.6 Å². The van der Waals surface area contributed by atoms with Gasteiger partial charge in [0.25, 0.3) is 0 Å². The number of ether oxygens (including phenoxy) is 5. The quantitative estimate of drug-likeness (QED) is 0.375. The van der Waals surface area contributed by atoms with Crippen LogP contribution in [-0.2, 0) is 38.3 Å². The van der Waals surface area contributed by atoms with Crippen molar-refractivity contribution in [2.75, 3.05) is 6.61 Å². The van der Waals surface area contributed by atoms with Crippen molar-refractivity contribution < 1.29 is 58.7 Å². The van der Waals surface area contributed by atoms with E-state index in [0.717, 1.165) is 0 Å². The van der Waals surface area contributed by atoms with Crippen LogP contribution in [0.4, 0.5) is 0 Å². The van der Waals surface area contributed by atoms with Crippen molar-refractivity contribution in [2.24, 2.45) is 23.7 Å². The van der Waals surface area contributed by atoms with Gasteiger partial charge in [0.05, 0.1) is 6.10 Å². The largest absolute Gasteiger partial charge is 0.479 e. The number of aliphatic hydroxyl groups is 3. The number of fused-ring (bicyclic) bond motifs is 2. The lowest BCUT2D eigenvalue weighted by atomic mass is 9.57. The van der Waals surface area contributed by atoms with Crippen molar-refractivity contribution >= 4 is 5.97 Å². The molecule has 0 aromatic carbocycles. The molecule has 5 saturated heterocycles. The maximum absolute atomic E-state index is 11.5. The highest BCUT2D eigenvalue weighted by atomic mass is 17.3. The molecule has 14 atom stereocenters. The third-order valence-electron chi connectivity index (χ3n) is 8.64. The number of hydrogen-bond donors (Lipinski definition) is 4. The lowest BCUT2D eigenvalue weighted by Gasteiger charge is -2.61. The maximum Gasteiger partial charge on any atom is 0.335 e. The Morgan fingerprint density at radius 1 is 1.00 bits per heavy atom. The number of carboxylic acid groups (broad SMARTS) is 1. The molecule has 0 radical (unpaired) electrons. The first-order valence-electron chi connectivity index (χ1n) is 12.4. The molecule has 0 aromatic rings. The molecule has 200 valence electrons. The van der Waals surface area contributed by atoms with Gasteiger partial charge in [0.1, 0.15) is 18.3 Å². The first-order chi connectivity index (χ1) is 16.5. The van der Waals surface area contributed by atoms with Gasteiger partial charge in [-0.05, 0) is 32.6 Å². The Hall–Kier alpha value is -0.930. The van der Waals surface area contributed by atoms with E-state index in [1.165, 1.54) is 0 Å². The van der Waals surface area contributed by atoms with Crippen LogP contribution >= 0.6 is 0 Å². The summed E-state index contributed by atoms with van der Waals surface area (Å²) >= 11 is 0. The molecule has 0 unspecified atom stereocenters. The molecule has 12 nitrogen and oxygen atoms in total. The Balaban J connectivity index is 1.45. The number of hydrogen-bond acceptors (Lipinski definition) is 11. The molecule has 6 aliphatic rings. The Morgan fingerprint density at radius 2 is 1.74 bits per heavy atom. The van der Waals surface area contributed by atoms with Gasteiger partial charge in [0, 0.05) is 30.8 Å². The summed E-state index contributed by atoms with van der Waals surface area (Å²) in [5.74, 6) is -2.99. The van der Waals surface area contributed by atoms with Gasteiger partial charge in [-0.3, -0.25) is 0 Å². The lowest BCUT2D eigenvalue weighted by molar-refractivity contribution is -0.579. The first kappa shape index (κ1) is 25.7. The molecule has 6 fully saturated rings. The number of aliphatic hydroxyl groups excluding tert-OH is 3. The molecular formula is C23H36O12. The van der Waals surface area contributed by atoms with Gasteiger partial charge >= 0.3 is 5.97 Å². The van der Waals surface area contributed by atoms with Gasteiger partial charge in [-0.2, -0.15) is 0 Å². The van der Waals surface area contributed by atoms with E-state index in [-0.39, 0.29) is 23.7 Å². The van der Waals surface area contributed by atoms with E-state index in [0.29, 0.717) is 25.9 Å². The van der Waals surface area contributed by atoms with Crippen LogP contribution in [-0.4, -0.2) is 93.8 Å². The van der Waals surface area contributed by atoms with Crippen LogP contribution in [0.5, 0.6) is 0 Å². The Morgan fingerprint density at radius 3 is 2.43 bits per heavy atom. The van der Waals surface area contributed by atoms with Crippen molar-refractivity contribution in [3.05, 3.63) is 0 Å². The van der Waals surface area contributed by atoms with Crippen LogP contribution in [0, 0.1) is 23.7 Å². The smallest absolute Gasteiger partial charge is 0.335 e. The Labute approximate surface area is 203 Å². The number of carbonyl (C=O) groups is 1. The fourth-order valence-corrected chi connectivity index (χ4v) is 6.68. The van der Waals surface area contributed by atoms with Crippen LogP contribution in [0.25, 0.3) is 0 Å². The third kappa shape index (κ3) is 3.94. The minimum Gasteiger partial charge on any atom is -0.479 e. The first-order valence-corrected chi connectivity index (χ1v) is 12.4. The van der Waals surface area contributed by atoms with Crippen LogP contribution in [0.3, 0.4) is 0 Å². The zero-order chi connectivity index (χ0) is 25.3. The zero-order valence-electron chi connectivity index (χ0n) is 20.3. The highest BCUT2D eigenvalue weighted by Gasteiger charge is 2.71. The molecule has 2 bridgehead atoms. The Bertz CT molecular complexity index is 811. The zero-order valence-corrected chi connectivity index (χ0v) is 20.3. The van der Waals surface area contributed by atoms with Crippen LogP contribution < -0.4 is 0 Å². The molecule has 0 amide bonds. The van der Waals surface area contributed by atoms with Crippen molar-refractivity contribution in [3.63, 3.8) is 0 Å². The van der Waals surface area contributed by atoms with Gasteiger partial charge in [0.15, 0.2) is 30.6 Å². The van der Waals surface area contributed by atoms with E-state index in [4.69, 9.17) is 33.5 Å². The second-order valence-corrected chi connectivity index (χ2v) is 10.7. The molecule has 4 N–H and O–H groups in total. The Kier molecular flexibility index (Phi) is 6.70. The average Bonchev–Trinajstić information content (AvgIpc) is 3.04. The van der Waals surface area contributed by atoms with Crippen LogP contribution in [0.2, 0.25) is 0 Å². The highest BCUT2D eigenvalue weighted by molar-refractivity contribution is 5.73. The molecule has 5 heterocycles. The molecule has 35 heavy (non-hydrogen) atoms. The van der Waals surface area contributed by atoms with Gasteiger partial charge in [-0.1, -0.05) is 13.8 Å². The van der Waals surface area contributed by atoms with E-state index in [1.54, 1.807) is 0 Å². The SMILES string of the molecule is CCO[C@H]1O[C@@H]2O[C@@]3(C)CC[C@H]4[C@H](C)[C@H](O[C@@H]5O[C@H](C(=O)O)[C@@H](O)[C@H](O)[C@H]5O)C[C@@H]([C@H]1C)[C@@]24OO3. The molecule has 0 aromatic heterocycles. The van der Waals surface area contributed by atoms with E-state index in [9.17, 15) is 25.2 Å². The second kappa shape index (κ2) is 9.12. The summed E-state index contributed by atoms with van der Waals surface area (Å²) in [6, 6.07) is 0. The van der Waals surface area contributed by atoms with E-state index in [1.807, 2.05) is 27.7 Å². The molecule has 1 aliphatic carbocycles. The predicted molar refractivity (Wildman–Crippen MR) is 113 cm³/mol. The van der Waals surface area contributed by atoms with E-state index >= 15 is 0 Å². The van der Waals surface area contributed by atoms with E-state index in [2.05, 4.69) is 0 Å². The number of carboxylic acids is 1. The summed E-state index contributed by atoms with van der Waals surface area (Å²) in [7, 11) is 0. The number of aliphatic carboxylic acids is 1. The summed E-state index contributed by atoms with van der Waals surface area (Å²) in [4.78, 5) is 23.5. The summed E-state index contributed by atoms with van der Waals surface area (Å²) in [5, 5.41) is 40.2. The van der Waals surface area contributed by atoms with Crippen molar-refractivity contribution in [3.8, 4) is 0 Å². The fraction of sp³-hybridized carbons (Fsp3) is 0.957. The molecule has 12 heteroatoms. The van der Waals surface area contributed by atoms with Gasteiger partial charge in [0.2, 0.25) is 5.79 Å². The monoisotopic (exact) mass is 504 g/mol. The summed E-state index contributed by atoms with van der Waals surface area (Å²) in [6.07, 6.45) is -8.31. The topological polar surface area (TPSA) is 163 Å². The van der Waals surface area contributed by atoms with Crippen molar-refractivity contribution in [2.45, 2.75) is 108 Å². The molecule has 6 rings (SSSR count). The van der Waals surface area contributed by atoms with Gasteiger partial charge in [-0.15, -0.1) is 0 Å².